The number of amides is 1. The summed E-state index contributed by atoms with van der Waals surface area (Å²) in [5.74, 6) is -0.0414. The normalized spacial score (nSPS) is 28.8. The summed E-state index contributed by atoms with van der Waals surface area (Å²) in [6, 6.07) is 7.08. The molecule has 100 valence electrons. The molecule has 1 heterocycles. The Hall–Kier alpha value is -1.42. The summed E-state index contributed by atoms with van der Waals surface area (Å²) in [5, 5.41) is 3.38. The van der Waals surface area contributed by atoms with Crippen molar-refractivity contribution in [2.75, 3.05) is 0 Å². The topological polar surface area (TPSA) is 32.3 Å². The summed E-state index contributed by atoms with van der Waals surface area (Å²) in [4.78, 5) is 14.5. The molecule has 1 unspecified atom stereocenters. The van der Waals surface area contributed by atoms with E-state index >= 15 is 0 Å². The van der Waals surface area contributed by atoms with E-state index in [1.807, 2.05) is 11.0 Å². The molecule has 1 amide bonds. The third-order valence-electron chi connectivity index (χ3n) is 4.75. The van der Waals surface area contributed by atoms with Crippen molar-refractivity contribution in [2.45, 2.75) is 49.9 Å². The predicted octanol–water partition coefficient (Wildman–Crippen LogP) is 2.34. The van der Waals surface area contributed by atoms with E-state index in [0.29, 0.717) is 11.6 Å². The van der Waals surface area contributed by atoms with Crippen LogP contribution in [0.1, 0.15) is 43.8 Å². The van der Waals surface area contributed by atoms with Crippen molar-refractivity contribution in [1.82, 2.24) is 10.2 Å². The van der Waals surface area contributed by atoms with E-state index in [-0.39, 0.29) is 23.4 Å². The molecule has 4 heteroatoms. The van der Waals surface area contributed by atoms with Gasteiger partial charge in [-0.05, 0) is 38.2 Å². The van der Waals surface area contributed by atoms with Crippen molar-refractivity contribution < 1.29 is 9.18 Å². The van der Waals surface area contributed by atoms with Gasteiger partial charge in [-0.1, -0.05) is 18.2 Å². The zero-order valence-corrected chi connectivity index (χ0v) is 10.7. The second kappa shape index (κ2) is 3.79. The monoisotopic (exact) mass is 260 g/mol. The molecular weight excluding hydrogens is 243 g/mol. The minimum absolute atomic E-state index is 0.186. The van der Waals surface area contributed by atoms with Crippen LogP contribution >= 0.6 is 0 Å². The molecule has 1 saturated heterocycles. The SMILES string of the molecule is O=C1N(C2CCC2)C(c2ccccc2F)NC12CC2. The van der Waals surface area contributed by atoms with Crippen LogP contribution in [0.4, 0.5) is 4.39 Å². The maximum Gasteiger partial charge on any atom is 0.244 e. The Morgan fingerprint density at radius 2 is 2.00 bits per heavy atom. The van der Waals surface area contributed by atoms with Crippen LogP contribution in [0.5, 0.6) is 0 Å². The van der Waals surface area contributed by atoms with Crippen LogP contribution in [-0.4, -0.2) is 22.4 Å². The molecule has 1 spiro atoms. The number of carbonyl (C=O) groups excluding carboxylic acids is 1. The molecule has 0 aromatic heterocycles. The molecule has 3 fully saturated rings. The fourth-order valence-corrected chi connectivity index (χ4v) is 3.21. The van der Waals surface area contributed by atoms with Gasteiger partial charge < -0.3 is 4.90 Å². The van der Waals surface area contributed by atoms with Crippen LogP contribution in [0.2, 0.25) is 0 Å². The molecule has 3 aliphatic rings. The fourth-order valence-electron chi connectivity index (χ4n) is 3.21. The maximum atomic E-state index is 14.0. The highest BCUT2D eigenvalue weighted by Crippen LogP contribution is 2.48. The zero-order valence-electron chi connectivity index (χ0n) is 10.7. The molecule has 1 aromatic rings. The molecule has 3 nitrogen and oxygen atoms in total. The number of hydrogen-bond donors (Lipinski definition) is 1. The van der Waals surface area contributed by atoms with Crippen LogP contribution < -0.4 is 5.32 Å². The van der Waals surface area contributed by atoms with Gasteiger partial charge in [0.25, 0.3) is 0 Å². The third-order valence-corrected chi connectivity index (χ3v) is 4.75. The highest BCUT2D eigenvalue weighted by atomic mass is 19.1. The molecule has 0 radical (unpaired) electrons. The molecular formula is C15H17FN2O. The molecule has 1 atom stereocenters. The van der Waals surface area contributed by atoms with Gasteiger partial charge in [-0.25, -0.2) is 4.39 Å². The lowest BCUT2D eigenvalue weighted by Gasteiger charge is -2.38. The summed E-state index contributed by atoms with van der Waals surface area (Å²) in [6.07, 6.45) is 4.77. The molecule has 19 heavy (non-hydrogen) atoms. The Balaban J connectivity index is 1.73. The van der Waals surface area contributed by atoms with Gasteiger partial charge >= 0.3 is 0 Å². The first-order valence-electron chi connectivity index (χ1n) is 7.06. The van der Waals surface area contributed by atoms with Crippen LogP contribution in [0, 0.1) is 5.82 Å². The van der Waals surface area contributed by atoms with Crippen LogP contribution in [0.3, 0.4) is 0 Å². The van der Waals surface area contributed by atoms with Gasteiger partial charge in [-0.15, -0.1) is 0 Å². The van der Waals surface area contributed by atoms with Crippen LogP contribution in [0.25, 0.3) is 0 Å². The Labute approximate surface area is 111 Å². The standard InChI is InChI=1S/C15H17FN2O/c16-12-7-2-1-6-11(12)13-17-15(8-9-15)14(19)18(13)10-4-3-5-10/h1-2,6-7,10,13,17H,3-5,8-9H2. The van der Waals surface area contributed by atoms with Crippen molar-refractivity contribution in [2.24, 2.45) is 0 Å². The average Bonchev–Trinajstić information content (AvgIpc) is 3.07. The van der Waals surface area contributed by atoms with Gasteiger partial charge in [0, 0.05) is 11.6 Å². The number of nitrogens with one attached hydrogen (secondary N) is 1. The summed E-state index contributed by atoms with van der Waals surface area (Å²) >= 11 is 0. The molecule has 2 aliphatic carbocycles. The Kier molecular flexibility index (Phi) is 2.28. The van der Waals surface area contributed by atoms with Gasteiger partial charge in [0.1, 0.15) is 17.5 Å². The van der Waals surface area contributed by atoms with Gasteiger partial charge in [0.05, 0.1) is 0 Å². The van der Waals surface area contributed by atoms with E-state index in [0.717, 1.165) is 25.7 Å². The van der Waals surface area contributed by atoms with E-state index in [1.54, 1.807) is 12.1 Å². The first kappa shape index (κ1) is 11.4. The second-order valence-corrected chi connectivity index (χ2v) is 5.95. The first-order chi connectivity index (χ1) is 9.21. The summed E-state index contributed by atoms with van der Waals surface area (Å²) < 4.78 is 14.0. The van der Waals surface area contributed by atoms with Crippen molar-refractivity contribution >= 4 is 5.91 Å². The molecule has 1 N–H and O–H groups in total. The highest BCUT2D eigenvalue weighted by Gasteiger charge is 2.61. The number of benzene rings is 1. The first-order valence-corrected chi connectivity index (χ1v) is 7.06. The number of carbonyl (C=O) groups is 1. The Morgan fingerprint density at radius 3 is 2.58 bits per heavy atom. The van der Waals surface area contributed by atoms with E-state index in [2.05, 4.69) is 5.32 Å². The van der Waals surface area contributed by atoms with Crippen LogP contribution in [0.15, 0.2) is 24.3 Å². The zero-order chi connectivity index (χ0) is 13.0. The number of rotatable bonds is 2. The number of nitrogens with zero attached hydrogens (tertiary/aromatic N) is 1. The predicted molar refractivity (Wildman–Crippen MR) is 68.7 cm³/mol. The van der Waals surface area contributed by atoms with Gasteiger partial charge in [-0.3, -0.25) is 10.1 Å². The van der Waals surface area contributed by atoms with Crippen molar-refractivity contribution in [3.63, 3.8) is 0 Å². The fraction of sp³-hybridized carbons (Fsp3) is 0.533. The Bertz CT molecular complexity index is 537. The van der Waals surface area contributed by atoms with E-state index in [9.17, 15) is 9.18 Å². The molecule has 0 bridgehead atoms. The third kappa shape index (κ3) is 1.56. The van der Waals surface area contributed by atoms with Gasteiger partial charge in [0.2, 0.25) is 5.91 Å². The second-order valence-electron chi connectivity index (χ2n) is 5.95. The summed E-state index contributed by atoms with van der Waals surface area (Å²) in [5.41, 5.74) is 0.231. The minimum Gasteiger partial charge on any atom is -0.318 e. The quantitative estimate of drug-likeness (QED) is 0.885. The smallest absolute Gasteiger partial charge is 0.244 e. The van der Waals surface area contributed by atoms with Gasteiger partial charge in [0.15, 0.2) is 0 Å². The van der Waals surface area contributed by atoms with E-state index in [4.69, 9.17) is 0 Å². The highest BCUT2D eigenvalue weighted by molar-refractivity contribution is 5.92. The summed E-state index contributed by atoms with van der Waals surface area (Å²) in [7, 11) is 0. The molecule has 1 aromatic carbocycles. The van der Waals surface area contributed by atoms with Gasteiger partial charge in [-0.2, -0.15) is 0 Å². The Morgan fingerprint density at radius 1 is 1.26 bits per heavy atom. The molecule has 1 aliphatic heterocycles. The lowest BCUT2D eigenvalue weighted by Crippen LogP contribution is -2.44. The van der Waals surface area contributed by atoms with Crippen LogP contribution in [-0.2, 0) is 4.79 Å². The van der Waals surface area contributed by atoms with Crippen molar-refractivity contribution in [3.05, 3.63) is 35.6 Å². The molecule has 2 saturated carbocycles. The molecule has 4 rings (SSSR count). The minimum atomic E-state index is -0.372. The van der Waals surface area contributed by atoms with Crippen molar-refractivity contribution in [3.8, 4) is 0 Å². The van der Waals surface area contributed by atoms with E-state index in [1.165, 1.54) is 12.5 Å². The lowest BCUT2D eigenvalue weighted by atomic mass is 9.90. The maximum absolute atomic E-state index is 14.0. The average molecular weight is 260 g/mol. The lowest BCUT2D eigenvalue weighted by molar-refractivity contribution is -0.134. The van der Waals surface area contributed by atoms with E-state index < -0.39 is 0 Å². The number of halogens is 1. The van der Waals surface area contributed by atoms with Crippen molar-refractivity contribution in [1.29, 1.82) is 0 Å². The largest absolute Gasteiger partial charge is 0.318 e. The number of hydrogen-bond acceptors (Lipinski definition) is 2. The summed E-state index contributed by atoms with van der Waals surface area (Å²) in [6.45, 7) is 0.